The first-order valence-corrected chi connectivity index (χ1v) is 11.4. The molecule has 4 heterocycles. The summed E-state index contributed by atoms with van der Waals surface area (Å²) in [6.07, 6.45) is 0.680. The van der Waals surface area contributed by atoms with Crippen LogP contribution in [0.4, 0.5) is 20.5 Å². The summed E-state index contributed by atoms with van der Waals surface area (Å²) in [4.78, 5) is 25.7. The van der Waals surface area contributed by atoms with Gasteiger partial charge in [-0.05, 0) is 38.0 Å². The number of pyridine rings is 1. The molecular formula is C23H27F2N9O. The fraction of sp³-hybridized carbons (Fsp3) is 0.435. The van der Waals surface area contributed by atoms with Crippen molar-refractivity contribution in [3.8, 4) is 11.3 Å². The molecule has 1 fully saturated rings. The summed E-state index contributed by atoms with van der Waals surface area (Å²) < 4.78 is 29.4. The summed E-state index contributed by atoms with van der Waals surface area (Å²) in [6.45, 7) is 3.18. The second kappa shape index (κ2) is 8.43. The number of aromatic nitrogens is 6. The van der Waals surface area contributed by atoms with E-state index in [4.69, 9.17) is 0 Å². The summed E-state index contributed by atoms with van der Waals surface area (Å²) in [6, 6.07) is 5.56. The Labute approximate surface area is 200 Å². The van der Waals surface area contributed by atoms with Crippen LogP contribution in [-0.2, 0) is 11.3 Å². The average Bonchev–Trinajstić information content (AvgIpc) is 3.37. The van der Waals surface area contributed by atoms with Crippen molar-refractivity contribution in [3.63, 3.8) is 0 Å². The third-order valence-corrected chi connectivity index (χ3v) is 6.63. The lowest BCUT2D eigenvalue weighted by Gasteiger charge is -2.43. The predicted octanol–water partition coefficient (Wildman–Crippen LogP) is 3.08. The molecule has 5 rings (SSSR count). The van der Waals surface area contributed by atoms with Crippen LogP contribution in [0.1, 0.15) is 25.6 Å². The Morgan fingerprint density at radius 3 is 2.66 bits per heavy atom. The zero-order chi connectivity index (χ0) is 24.9. The van der Waals surface area contributed by atoms with Crippen molar-refractivity contribution >= 4 is 34.4 Å². The van der Waals surface area contributed by atoms with Crippen molar-refractivity contribution in [2.45, 2.75) is 45.7 Å². The molecule has 1 aliphatic rings. The fourth-order valence-corrected chi connectivity index (χ4v) is 4.89. The largest absolute Gasteiger partial charge is 0.371 e. The number of carbonyl (C=O) groups is 1. The normalized spacial score (nSPS) is 19.8. The molecule has 1 saturated carbocycles. The van der Waals surface area contributed by atoms with Gasteiger partial charge in [-0.1, -0.05) is 6.92 Å². The maximum atomic E-state index is 13.1. The molecule has 4 aromatic rings. The van der Waals surface area contributed by atoms with E-state index in [-0.39, 0.29) is 17.4 Å². The van der Waals surface area contributed by atoms with E-state index < -0.39 is 13.0 Å². The molecule has 35 heavy (non-hydrogen) atoms. The Morgan fingerprint density at radius 2 is 1.97 bits per heavy atom. The number of imidazole rings is 1. The van der Waals surface area contributed by atoms with Gasteiger partial charge in [0.2, 0.25) is 11.9 Å². The van der Waals surface area contributed by atoms with Gasteiger partial charge in [0.15, 0.2) is 11.5 Å². The van der Waals surface area contributed by atoms with E-state index in [0.717, 1.165) is 5.56 Å². The molecule has 3 N–H and O–H groups in total. The van der Waals surface area contributed by atoms with Gasteiger partial charge in [0, 0.05) is 31.9 Å². The number of hydrogen-bond acceptors (Lipinski definition) is 7. The zero-order valence-corrected chi connectivity index (χ0v) is 19.9. The smallest absolute Gasteiger partial charge is 0.256 e. The molecule has 10 nitrogen and oxygen atoms in total. The summed E-state index contributed by atoms with van der Waals surface area (Å²) in [5.74, 6) is 1.56. The van der Waals surface area contributed by atoms with Gasteiger partial charge in [0.25, 0.3) is 6.43 Å². The van der Waals surface area contributed by atoms with Gasteiger partial charge >= 0.3 is 0 Å². The quantitative estimate of drug-likeness (QED) is 0.370. The molecule has 0 saturated heterocycles. The zero-order valence-electron chi connectivity index (χ0n) is 19.9. The Bertz CT molecular complexity index is 1420. The lowest BCUT2D eigenvalue weighted by Crippen LogP contribution is -2.51. The van der Waals surface area contributed by atoms with Crippen LogP contribution in [0.15, 0.2) is 24.4 Å². The summed E-state index contributed by atoms with van der Waals surface area (Å²) >= 11 is 0. The number of carbonyl (C=O) groups excluding carboxylic acids is 1. The number of alkyl halides is 2. The molecule has 0 atom stereocenters. The van der Waals surface area contributed by atoms with E-state index >= 15 is 0 Å². The number of rotatable bonds is 7. The van der Waals surface area contributed by atoms with Gasteiger partial charge in [0.1, 0.15) is 16.9 Å². The minimum absolute atomic E-state index is 0.0347. The van der Waals surface area contributed by atoms with Crippen LogP contribution in [0, 0.1) is 12.3 Å². The lowest BCUT2D eigenvalue weighted by molar-refractivity contribution is -0.134. The average molecular weight is 484 g/mol. The predicted molar refractivity (Wildman–Crippen MR) is 129 cm³/mol. The van der Waals surface area contributed by atoms with Crippen LogP contribution >= 0.6 is 0 Å². The molecular weight excluding hydrogens is 456 g/mol. The first-order chi connectivity index (χ1) is 16.7. The van der Waals surface area contributed by atoms with Crippen LogP contribution in [0.3, 0.4) is 0 Å². The van der Waals surface area contributed by atoms with Gasteiger partial charge in [-0.15, -0.1) is 5.10 Å². The van der Waals surface area contributed by atoms with E-state index in [1.165, 1.54) is 4.57 Å². The van der Waals surface area contributed by atoms with Gasteiger partial charge in [-0.2, -0.15) is 4.98 Å². The number of halogens is 2. The molecule has 0 aromatic carbocycles. The number of nitrogens with one attached hydrogen (secondary N) is 3. The molecule has 0 radical (unpaired) electrons. The minimum Gasteiger partial charge on any atom is -0.371 e. The van der Waals surface area contributed by atoms with Crippen LogP contribution in [-0.4, -0.2) is 61.6 Å². The lowest BCUT2D eigenvalue weighted by atomic mass is 9.66. The van der Waals surface area contributed by atoms with Crippen LogP contribution in [0.5, 0.6) is 0 Å². The van der Waals surface area contributed by atoms with Crippen molar-refractivity contribution < 1.29 is 13.6 Å². The molecule has 0 unspecified atom stereocenters. The monoisotopic (exact) mass is 483 g/mol. The summed E-state index contributed by atoms with van der Waals surface area (Å²) in [7, 11) is 3.42. The topological polar surface area (TPSA) is 114 Å². The number of anilines is 2. The minimum atomic E-state index is -2.51. The summed E-state index contributed by atoms with van der Waals surface area (Å²) in [5, 5.41) is 13.8. The third-order valence-electron chi connectivity index (χ3n) is 6.63. The fourth-order valence-electron chi connectivity index (χ4n) is 4.89. The van der Waals surface area contributed by atoms with Crippen molar-refractivity contribution in [1.82, 2.24) is 34.4 Å². The van der Waals surface area contributed by atoms with E-state index in [0.29, 0.717) is 52.8 Å². The first-order valence-electron chi connectivity index (χ1n) is 11.4. The maximum Gasteiger partial charge on any atom is 0.256 e. The number of nitrogens with zero attached hydrogens (tertiary/aromatic N) is 6. The molecule has 1 amide bonds. The molecule has 0 bridgehead atoms. The van der Waals surface area contributed by atoms with Crippen LogP contribution in [0.2, 0.25) is 0 Å². The number of aryl methyl sites for hydroxylation is 1. The van der Waals surface area contributed by atoms with Crippen LogP contribution in [0.25, 0.3) is 27.9 Å². The molecule has 12 heteroatoms. The Kier molecular flexibility index (Phi) is 5.53. The van der Waals surface area contributed by atoms with E-state index in [1.807, 2.05) is 19.1 Å². The van der Waals surface area contributed by atoms with Crippen molar-refractivity contribution in [2.75, 3.05) is 24.7 Å². The van der Waals surface area contributed by atoms with Gasteiger partial charge in [-0.25, -0.2) is 23.3 Å². The highest BCUT2D eigenvalue weighted by atomic mass is 19.3. The Hall–Kier alpha value is -3.83. The second-order valence-electron chi connectivity index (χ2n) is 9.15. The van der Waals surface area contributed by atoms with Crippen molar-refractivity contribution in [3.05, 3.63) is 30.2 Å². The second-order valence-corrected chi connectivity index (χ2v) is 9.15. The Balaban J connectivity index is 1.48. The Morgan fingerprint density at radius 1 is 1.20 bits per heavy atom. The third kappa shape index (κ3) is 3.92. The highest BCUT2D eigenvalue weighted by molar-refractivity contribution is 5.89. The van der Waals surface area contributed by atoms with Crippen LogP contribution < -0.4 is 16.0 Å². The van der Waals surface area contributed by atoms with Gasteiger partial charge in [-0.3, -0.25) is 4.79 Å². The number of fused-ring (bicyclic) bond motifs is 2. The standard InChI is InChI=1S/C23H27F2N9O/c1-12-28-16-6-5-15(30-20(16)33(12)11-17(24)25)14-7-8-34-18(14)19(26-3)31-22(32-34)29-13-9-23(2,10-13)21(35)27-4/h5-8,13,17H,9-11H2,1-4H3,(H,27,35)(H2,26,29,31,32). The van der Waals surface area contributed by atoms with E-state index in [1.54, 1.807) is 37.8 Å². The molecule has 4 aromatic heterocycles. The highest BCUT2D eigenvalue weighted by Crippen LogP contribution is 2.42. The first kappa shape index (κ1) is 22.9. The highest BCUT2D eigenvalue weighted by Gasteiger charge is 2.46. The number of amides is 1. The number of hydrogen-bond donors (Lipinski definition) is 3. The van der Waals surface area contributed by atoms with Crippen molar-refractivity contribution in [1.29, 1.82) is 0 Å². The molecule has 0 spiro atoms. The van der Waals surface area contributed by atoms with E-state index in [9.17, 15) is 13.6 Å². The van der Waals surface area contributed by atoms with Gasteiger partial charge < -0.3 is 20.5 Å². The maximum absolute atomic E-state index is 13.1. The molecule has 0 aliphatic heterocycles. The SMILES string of the molecule is CNC(=O)C1(C)CC(Nc2nc(NC)c3c(-c4ccc5nc(C)n(CC(F)F)c5n4)ccn3n2)C1. The molecule has 184 valence electrons. The summed E-state index contributed by atoms with van der Waals surface area (Å²) in [5.41, 5.74) is 2.68. The molecule has 1 aliphatic carbocycles. The van der Waals surface area contributed by atoms with E-state index in [2.05, 4.69) is 36.0 Å². The van der Waals surface area contributed by atoms with Gasteiger partial charge in [0.05, 0.1) is 17.7 Å². The van der Waals surface area contributed by atoms with Crippen molar-refractivity contribution in [2.24, 2.45) is 5.41 Å².